The SMILES string of the molecule is COC(=O)N1C(=O)[C@@H]2[C@@H](CC(C)=C3[C@@H](CC/C(C)=C/c4cc(I)c(O)c(OC)c4)OB(O)C[C@@H]32)C1=O. The molecule has 2 fully saturated rings. The van der Waals surface area contributed by atoms with Crippen molar-refractivity contribution in [1.29, 1.82) is 0 Å². The molecule has 0 aromatic heterocycles. The Labute approximate surface area is 223 Å². The summed E-state index contributed by atoms with van der Waals surface area (Å²) in [5, 5.41) is 20.6. The third kappa shape index (κ3) is 4.80. The molecule has 0 saturated carbocycles. The van der Waals surface area contributed by atoms with Gasteiger partial charge in [-0.05, 0) is 91.2 Å². The fourth-order valence-corrected chi connectivity index (χ4v) is 6.36. The molecule has 1 aromatic rings. The van der Waals surface area contributed by atoms with Crippen LogP contribution in [0.1, 0.15) is 38.7 Å². The summed E-state index contributed by atoms with van der Waals surface area (Å²) in [6.45, 7) is 3.92. The first kappa shape index (κ1) is 26.7. The van der Waals surface area contributed by atoms with Gasteiger partial charge in [-0.15, -0.1) is 0 Å². The Hall–Kier alpha value is -2.38. The number of likely N-dealkylation sites (tertiary alicyclic amines) is 1. The minimum atomic E-state index is -1.07. The average Bonchev–Trinajstić information content (AvgIpc) is 3.08. The molecule has 192 valence electrons. The molecule has 0 unspecified atom stereocenters. The highest BCUT2D eigenvalue weighted by Crippen LogP contribution is 2.50. The summed E-state index contributed by atoms with van der Waals surface area (Å²) in [6.07, 6.45) is 2.43. The Kier molecular flexibility index (Phi) is 7.82. The first-order chi connectivity index (χ1) is 17.1. The van der Waals surface area contributed by atoms with Gasteiger partial charge in [0.05, 0.1) is 35.7 Å². The number of benzene rings is 1. The Morgan fingerprint density at radius 1 is 1.28 bits per heavy atom. The predicted molar refractivity (Wildman–Crippen MR) is 140 cm³/mol. The minimum absolute atomic E-state index is 0.104. The number of ether oxygens (including phenoxy) is 2. The van der Waals surface area contributed by atoms with Crippen molar-refractivity contribution in [3.05, 3.63) is 38.0 Å². The number of allylic oxidation sites excluding steroid dienone is 2. The Morgan fingerprint density at radius 3 is 2.67 bits per heavy atom. The maximum atomic E-state index is 13.1. The van der Waals surface area contributed by atoms with Crippen LogP contribution in [0, 0.1) is 21.3 Å². The molecule has 1 aliphatic carbocycles. The van der Waals surface area contributed by atoms with E-state index in [4.69, 9.17) is 9.39 Å². The second kappa shape index (κ2) is 10.5. The number of phenolic OH excluding ortho intramolecular Hbond substituents is 1. The summed E-state index contributed by atoms with van der Waals surface area (Å²) in [5.74, 6) is -2.32. The number of imide groups is 3. The van der Waals surface area contributed by atoms with Crippen LogP contribution >= 0.6 is 22.6 Å². The van der Waals surface area contributed by atoms with E-state index in [9.17, 15) is 24.5 Å². The molecule has 2 saturated heterocycles. The second-order valence-corrected chi connectivity index (χ2v) is 10.7. The van der Waals surface area contributed by atoms with Gasteiger partial charge in [0.1, 0.15) is 0 Å². The van der Waals surface area contributed by atoms with Crippen LogP contribution in [0.2, 0.25) is 6.32 Å². The topological polar surface area (TPSA) is 123 Å². The van der Waals surface area contributed by atoms with Crippen molar-refractivity contribution in [3.8, 4) is 11.5 Å². The highest BCUT2D eigenvalue weighted by Gasteiger charge is 2.58. The molecule has 36 heavy (non-hydrogen) atoms. The van der Waals surface area contributed by atoms with Crippen molar-refractivity contribution in [2.45, 2.75) is 45.5 Å². The van der Waals surface area contributed by atoms with Crippen molar-refractivity contribution in [2.24, 2.45) is 17.8 Å². The number of fused-ring (bicyclic) bond motifs is 3. The zero-order valence-electron chi connectivity index (χ0n) is 20.6. The van der Waals surface area contributed by atoms with E-state index in [0.717, 1.165) is 29.4 Å². The van der Waals surface area contributed by atoms with Crippen LogP contribution in [0.25, 0.3) is 6.08 Å². The van der Waals surface area contributed by atoms with Gasteiger partial charge in [0.25, 0.3) is 0 Å². The van der Waals surface area contributed by atoms with E-state index >= 15 is 0 Å². The number of aromatic hydroxyl groups is 1. The van der Waals surface area contributed by atoms with Gasteiger partial charge in [0.15, 0.2) is 11.5 Å². The molecular formula is C25H29BINO8. The first-order valence-corrected chi connectivity index (χ1v) is 12.9. The first-order valence-electron chi connectivity index (χ1n) is 11.8. The van der Waals surface area contributed by atoms with Gasteiger partial charge in [-0.3, -0.25) is 9.59 Å². The van der Waals surface area contributed by atoms with Crippen LogP contribution in [0.15, 0.2) is 28.9 Å². The van der Waals surface area contributed by atoms with Gasteiger partial charge >= 0.3 is 13.2 Å². The molecule has 2 heterocycles. The molecule has 11 heteroatoms. The Morgan fingerprint density at radius 2 is 2.00 bits per heavy atom. The normalized spacial score (nSPS) is 26.2. The fourth-order valence-electron chi connectivity index (χ4n) is 5.74. The van der Waals surface area contributed by atoms with Gasteiger partial charge in [-0.2, -0.15) is 4.90 Å². The van der Waals surface area contributed by atoms with E-state index < -0.39 is 43.0 Å². The van der Waals surface area contributed by atoms with Crippen LogP contribution in [0.4, 0.5) is 4.79 Å². The third-order valence-electron chi connectivity index (χ3n) is 7.29. The van der Waals surface area contributed by atoms with Crippen molar-refractivity contribution < 1.29 is 38.6 Å². The van der Waals surface area contributed by atoms with Crippen molar-refractivity contribution in [1.82, 2.24) is 4.90 Å². The average molecular weight is 609 g/mol. The standard InChI is InChI=1S/C25H29BINO8/c1-12(7-14-9-17(27)22(29)19(10-14)34-3)5-6-18-20-13(2)8-15-21(16(20)11-26(33)36-18)24(31)28(23(15)30)25(32)35-4/h7,9-10,15-16,18,21,29,33H,5-6,8,11H2,1-4H3/b12-7+/t15-,16+,18-,21-/m1/s1. The molecule has 9 nitrogen and oxygen atoms in total. The Bertz CT molecular complexity index is 1160. The van der Waals surface area contributed by atoms with Crippen LogP contribution in [0.5, 0.6) is 11.5 Å². The minimum Gasteiger partial charge on any atom is -0.504 e. The monoisotopic (exact) mass is 609 g/mol. The summed E-state index contributed by atoms with van der Waals surface area (Å²) >= 11 is 2.05. The lowest BCUT2D eigenvalue weighted by Crippen LogP contribution is -2.46. The summed E-state index contributed by atoms with van der Waals surface area (Å²) in [4.78, 5) is 38.7. The van der Waals surface area contributed by atoms with Gasteiger partial charge in [-0.1, -0.05) is 17.2 Å². The molecule has 4 atom stereocenters. The van der Waals surface area contributed by atoms with E-state index in [1.165, 1.54) is 7.11 Å². The number of carbonyl (C=O) groups is 3. The maximum Gasteiger partial charge on any atom is 0.455 e. The summed E-state index contributed by atoms with van der Waals surface area (Å²) in [7, 11) is 1.57. The zero-order chi connectivity index (χ0) is 26.3. The number of amides is 3. The van der Waals surface area contributed by atoms with E-state index in [0.29, 0.717) is 33.5 Å². The molecule has 0 radical (unpaired) electrons. The van der Waals surface area contributed by atoms with Gasteiger partial charge in [-0.25, -0.2) is 4.79 Å². The zero-order valence-corrected chi connectivity index (χ0v) is 22.8. The maximum absolute atomic E-state index is 13.1. The number of carbonyl (C=O) groups excluding carboxylic acids is 3. The lowest BCUT2D eigenvalue weighted by Gasteiger charge is -2.42. The smallest absolute Gasteiger partial charge is 0.455 e. The van der Waals surface area contributed by atoms with Crippen LogP contribution < -0.4 is 4.74 Å². The predicted octanol–water partition coefficient (Wildman–Crippen LogP) is 3.77. The number of methoxy groups -OCH3 is 2. The molecule has 2 N–H and O–H groups in total. The van der Waals surface area contributed by atoms with Gasteiger partial charge in [0, 0.05) is 0 Å². The van der Waals surface area contributed by atoms with E-state index in [1.807, 2.05) is 26.0 Å². The molecule has 0 spiro atoms. The molecule has 3 aliphatic rings. The number of hydrogen-bond donors (Lipinski definition) is 2. The van der Waals surface area contributed by atoms with Crippen molar-refractivity contribution >= 4 is 53.7 Å². The highest BCUT2D eigenvalue weighted by atomic mass is 127. The lowest BCUT2D eigenvalue weighted by atomic mass is 9.59. The molecule has 3 amide bonds. The largest absolute Gasteiger partial charge is 0.504 e. The molecule has 2 aliphatic heterocycles. The van der Waals surface area contributed by atoms with E-state index in [-0.39, 0.29) is 18.0 Å². The van der Waals surface area contributed by atoms with Gasteiger partial charge in [0.2, 0.25) is 11.8 Å². The third-order valence-corrected chi connectivity index (χ3v) is 8.12. The quantitative estimate of drug-likeness (QED) is 0.224. The van der Waals surface area contributed by atoms with Gasteiger partial charge < -0.3 is 24.3 Å². The number of rotatable bonds is 5. The number of hydrogen-bond acceptors (Lipinski definition) is 8. The van der Waals surface area contributed by atoms with E-state index in [2.05, 4.69) is 27.3 Å². The summed E-state index contributed by atoms with van der Waals surface area (Å²) < 4.78 is 16.5. The number of halogens is 1. The lowest BCUT2D eigenvalue weighted by molar-refractivity contribution is -0.137. The van der Waals surface area contributed by atoms with Crippen LogP contribution in [-0.2, 0) is 19.0 Å². The number of nitrogens with zero attached hydrogens (tertiary/aromatic N) is 1. The fraction of sp³-hybridized carbons (Fsp3) is 0.480. The second-order valence-electron chi connectivity index (χ2n) is 9.56. The molecule has 4 rings (SSSR count). The Balaban J connectivity index is 1.55. The number of phenols is 1. The summed E-state index contributed by atoms with van der Waals surface area (Å²) in [6, 6.07) is 3.63. The van der Waals surface area contributed by atoms with Crippen molar-refractivity contribution in [3.63, 3.8) is 0 Å². The van der Waals surface area contributed by atoms with Crippen LogP contribution in [0.3, 0.4) is 0 Å². The molecular weight excluding hydrogens is 580 g/mol. The highest BCUT2D eigenvalue weighted by molar-refractivity contribution is 14.1. The molecule has 1 aromatic carbocycles. The summed E-state index contributed by atoms with van der Waals surface area (Å²) in [5.41, 5.74) is 3.87. The van der Waals surface area contributed by atoms with E-state index in [1.54, 1.807) is 6.07 Å². The van der Waals surface area contributed by atoms with Crippen LogP contribution in [-0.4, -0.2) is 60.4 Å². The molecule has 0 bridgehead atoms. The van der Waals surface area contributed by atoms with Crippen molar-refractivity contribution in [2.75, 3.05) is 14.2 Å².